The van der Waals surface area contributed by atoms with E-state index in [1.165, 1.54) is 0 Å². The van der Waals surface area contributed by atoms with Crippen molar-refractivity contribution in [3.8, 4) is 0 Å². The van der Waals surface area contributed by atoms with E-state index in [2.05, 4.69) is 16.0 Å². The predicted octanol–water partition coefficient (Wildman–Crippen LogP) is -0.739. The minimum atomic E-state index is -0.638. The fourth-order valence-corrected chi connectivity index (χ4v) is 2.35. The number of carbonyl (C=O) groups is 3. The lowest BCUT2D eigenvalue weighted by atomic mass is 10.0. The lowest BCUT2D eigenvalue weighted by Gasteiger charge is -2.26. The summed E-state index contributed by atoms with van der Waals surface area (Å²) >= 11 is 0. The predicted molar refractivity (Wildman–Crippen MR) is 79.2 cm³/mol. The molecule has 1 saturated heterocycles. The average molecular weight is 298 g/mol. The largest absolute Gasteiger partial charge is 0.368 e. The van der Waals surface area contributed by atoms with E-state index in [9.17, 15) is 14.4 Å². The third kappa shape index (κ3) is 6.57. The van der Waals surface area contributed by atoms with Crippen LogP contribution < -0.4 is 21.7 Å². The number of hydrogen-bond acceptors (Lipinski definition) is 4. The Morgan fingerprint density at radius 1 is 1.29 bits per heavy atom. The van der Waals surface area contributed by atoms with Crippen molar-refractivity contribution in [1.82, 2.24) is 16.0 Å². The summed E-state index contributed by atoms with van der Waals surface area (Å²) in [4.78, 5) is 35.0. The van der Waals surface area contributed by atoms with Gasteiger partial charge in [-0.2, -0.15) is 0 Å². The summed E-state index contributed by atoms with van der Waals surface area (Å²) in [6.45, 7) is 4.55. The van der Waals surface area contributed by atoms with Gasteiger partial charge in [0.15, 0.2) is 0 Å². The Kier molecular flexibility index (Phi) is 7.14. The Balaban J connectivity index is 2.57. The van der Waals surface area contributed by atoms with Crippen LogP contribution in [-0.4, -0.2) is 42.9 Å². The van der Waals surface area contributed by atoms with Gasteiger partial charge in [0.2, 0.25) is 17.7 Å². The molecule has 0 radical (unpaired) electrons. The molecule has 2 atom stereocenters. The van der Waals surface area contributed by atoms with Crippen molar-refractivity contribution >= 4 is 17.7 Å². The van der Waals surface area contributed by atoms with Crippen molar-refractivity contribution in [2.75, 3.05) is 13.1 Å². The third-order valence-corrected chi connectivity index (χ3v) is 3.40. The van der Waals surface area contributed by atoms with Crippen LogP contribution >= 0.6 is 0 Å². The zero-order valence-corrected chi connectivity index (χ0v) is 12.8. The molecule has 1 rings (SSSR count). The zero-order chi connectivity index (χ0) is 15.8. The van der Waals surface area contributed by atoms with Gasteiger partial charge in [0.25, 0.3) is 0 Å². The number of nitrogens with two attached hydrogens (primary N) is 1. The highest BCUT2D eigenvalue weighted by Gasteiger charge is 2.27. The van der Waals surface area contributed by atoms with Gasteiger partial charge in [0, 0.05) is 0 Å². The molecule has 3 amide bonds. The maximum absolute atomic E-state index is 12.2. The average Bonchev–Trinajstić information content (AvgIpc) is 2.44. The first-order chi connectivity index (χ1) is 9.90. The second kappa shape index (κ2) is 8.61. The fourth-order valence-electron chi connectivity index (χ4n) is 2.35. The number of primary amides is 1. The summed E-state index contributed by atoms with van der Waals surface area (Å²) in [5.41, 5.74) is 5.01. The van der Waals surface area contributed by atoms with Crippen LogP contribution in [0.15, 0.2) is 0 Å². The van der Waals surface area contributed by atoms with Crippen molar-refractivity contribution in [3.63, 3.8) is 0 Å². The van der Waals surface area contributed by atoms with Crippen LogP contribution in [0.4, 0.5) is 0 Å². The SMILES string of the molecule is CC(C)C[C@H](NC(=O)[C@H]1CCCCN1)C(=O)NCC(N)=O. The molecule has 0 aromatic heterocycles. The number of hydrogen-bond donors (Lipinski definition) is 4. The second-order valence-electron chi connectivity index (χ2n) is 5.88. The minimum absolute atomic E-state index is 0.158. The standard InChI is InChI=1S/C14H26N4O3/c1-9(2)7-11(13(20)17-8-12(15)19)18-14(21)10-5-3-4-6-16-10/h9-11,16H,3-8H2,1-2H3,(H2,15,19)(H,17,20)(H,18,21)/t10-,11+/m1/s1. The van der Waals surface area contributed by atoms with E-state index >= 15 is 0 Å². The van der Waals surface area contributed by atoms with Crippen LogP contribution in [0.2, 0.25) is 0 Å². The van der Waals surface area contributed by atoms with Crippen molar-refractivity contribution in [2.24, 2.45) is 11.7 Å². The van der Waals surface area contributed by atoms with Crippen LogP contribution in [0.25, 0.3) is 0 Å². The van der Waals surface area contributed by atoms with Gasteiger partial charge >= 0.3 is 0 Å². The highest BCUT2D eigenvalue weighted by Crippen LogP contribution is 2.09. The molecule has 7 nitrogen and oxygen atoms in total. The summed E-state index contributed by atoms with van der Waals surface area (Å²) in [7, 11) is 0. The monoisotopic (exact) mass is 298 g/mol. The Morgan fingerprint density at radius 3 is 2.52 bits per heavy atom. The molecule has 0 bridgehead atoms. The maximum atomic E-state index is 12.2. The summed E-state index contributed by atoms with van der Waals surface area (Å²) in [5, 5.41) is 8.37. The topological polar surface area (TPSA) is 113 Å². The third-order valence-electron chi connectivity index (χ3n) is 3.40. The lowest BCUT2D eigenvalue weighted by Crippen LogP contribution is -2.54. The Bertz CT molecular complexity index is 378. The van der Waals surface area contributed by atoms with Gasteiger partial charge < -0.3 is 21.7 Å². The first-order valence-corrected chi connectivity index (χ1v) is 7.50. The minimum Gasteiger partial charge on any atom is -0.368 e. The number of piperidine rings is 1. The van der Waals surface area contributed by atoms with Gasteiger partial charge in [-0.25, -0.2) is 0 Å². The van der Waals surface area contributed by atoms with Crippen LogP contribution in [0.5, 0.6) is 0 Å². The molecular formula is C14H26N4O3. The van der Waals surface area contributed by atoms with Gasteiger partial charge in [-0.05, 0) is 31.7 Å². The molecule has 5 N–H and O–H groups in total. The van der Waals surface area contributed by atoms with Crippen molar-refractivity contribution in [2.45, 2.75) is 51.6 Å². The van der Waals surface area contributed by atoms with E-state index in [1.54, 1.807) is 0 Å². The van der Waals surface area contributed by atoms with Gasteiger partial charge in [-0.3, -0.25) is 14.4 Å². The fraction of sp³-hybridized carbons (Fsp3) is 0.786. The smallest absolute Gasteiger partial charge is 0.243 e. The second-order valence-corrected chi connectivity index (χ2v) is 5.88. The van der Waals surface area contributed by atoms with E-state index in [4.69, 9.17) is 5.73 Å². The molecule has 1 aliphatic rings. The first kappa shape index (κ1) is 17.4. The quantitative estimate of drug-likeness (QED) is 0.496. The molecule has 0 spiro atoms. The van der Waals surface area contributed by atoms with Crippen molar-refractivity contribution < 1.29 is 14.4 Å². The molecule has 0 unspecified atom stereocenters. The molecule has 7 heteroatoms. The van der Waals surface area contributed by atoms with E-state index < -0.39 is 11.9 Å². The zero-order valence-electron chi connectivity index (χ0n) is 12.8. The Hall–Kier alpha value is -1.63. The maximum Gasteiger partial charge on any atom is 0.243 e. The summed E-state index contributed by atoms with van der Waals surface area (Å²) in [6, 6.07) is -0.877. The number of carbonyl (C=O) groups excluding carboxylic acids is 3. The molecule has 120 valence electrons. The highest BCUT2D eigenvalue weighted by atomic mass is 16.2. The number of nitrogens with one attached hydrogen (secondary N) is 3. The van der Waals surface area contributed by atoms with Gasteiger partial charge in [-0.15, -0.1) is 0 Å². The summed E-state index contributed by atoms with van der Waals surface area (Å²) in [6.07, 6.45) is 3.37. The lowest BCUT2D eigenvalue weighted by molar-refractivity contribution is -0.131. The molecule has 21 heavy (non-hydrogen) atoms. The molecule has 0 saturated carbocycles. The first-order valence-electron chi connectivity index (χ1n) is 7.50. The molecule has 0 aliphatic carbocycles. The van der Waals surface area contributed by atoms with Crippen molar-refractivity contribution in [3.05, 3.63) is 0 Å². The molecule has 0 aromatic rings. The highest BCUT2D eigenvalue weighted by molar-refractivity contribution is 5.91. The Morgan fingerprint density at radius 2 is 2.00 bits per heavy atom. The van der Waals surface area contributed by atoms with Gasteiger partial charge in [-0.1, -0.05) is 20.3 Å². The molecule has 1 fully saturated rings. The van der Waals surface area contributed by atoms with Gasteiger partial charge in [0.1, 0.15) is 6.04 Å². The van der Waals surface area contributed by atoms with E-state index in [0.29, 0.717) is 6.42 Å². The Labute approximate surface area is 125 Å². The van der Waals surface area contributed by atoms with E-state index in [1.807, 2.05) is 13.8 Å². The van der Waals surface area contributed by atoms with E-state index in [-0.39, 0.29) is 30.3 Å². The normalized spacial score (nSPS) is 19.9. The van der Waals surface area contributed by atoms with Gasteiger partial charge in [0.05, 0.1) is 12.6 Å². The van der Waals surface area contributed by atoms with Crippen LogP contribution in [0, 0.1) is 5.92 Å². The molecule has 1 aliphatic heterocycles. The summed E-state index contributed by atoms with van der Waals surface area (Å²) in [5.74, 6) is -0.887. The molecule has 0 aromatic carbocycles. The number of rotatable bonds is 7. The number of amides is 3. The van der Waals surface area contributed by atoms with Crippen LogP contribution in [0.1, 0.15) is 39.5 Å². The molecule has 1 heterocycles. The molecular weight excluding hydrogens is 272 g/mol. The summed E-state index contributed by atoms with van der Waals surface area (Å²) < 4.78 is 0. The van der Waals surface area contributed by atoms with Crippen LogP contribution in [0.3, 0.4) is 0 Å². The van der Waals surface area contributed by atoms with Crippen LogP contribution in [-0.2, 0) is 14.4 Å². The van der Waals surface area contributed by atoms with Crippen molar-refractivity contribution in [1.29, 1.82) is 0 Å². The van der Waals surface area contributed by atoms with E-state index in [0.717, 1.165) is 25.8 Å².